The zero-order valence-corrected chi connectivity index (χ0v) is 19.7. The monoisotopic (exact) mass is 516 g/mol. The molecule has 0 spiro atoms. The van der Waals surface area contributed by atoms with E-state index in [1.807, 2.05) is 0 Å². The third-order valence-electron chi connectivity index (χ3n) is 6.84. The molecule has 2 aromatic carbocycles. The predicted octanol–water partition coefficient (Wildman–Crippen LogP) is 3.08. The number of ether oxygens (including phenoxy) is 1. The Labute approximate surface area is 209 Å². The molecule has 2 aromatic rings. The van der Waals surface area contributed by atoms with Crippen LogP contribution in [-0.2, 0) is 33.5 Å². The Hall–Kier alpha value is -3.93. The van der Waals surface area contributed by atoms with Crippen LogP contribution in [0.2, 0.25) is 0 Å². The summed E-state index contributed by atoms with van der Waals surface area (Å²) >= 11 is 0. The summed E-state index contributed by atoms with van der Waals surface area (Å²) in [6, 6.07) is 6.21. The molecule has 3 aliphatic heterocycles. The Morgan fingerprint density at radius 3 is 2.62 bits per heavy atom. The number of hydrogen-bond acceptors (Lipinski definition) is 5. The van der Waals surface area contributed by atoms with Crippen molar-refractivity contribution in [1.82, 2.24) is 10.2 Å². The van der Waals surface area contributed by atoms with Crippen LogP contribution in [0.4, 0.5) is 29.3 Å². The molecule has 3 aliphatic rings. The minimum Gasteiger partial charge on any atom is -0.383 e. The van der Waals surface area contributed by atoms with E-state index in [0.29, 0.717) is 28.1 Å². The van der Waals surface area contributed by atoms with E-state index >= 15 is 0 Å². The average molecular weight is 516 g/mol. The molecular weight excluding hydrogens is 493 g/mol. The summed E-state index contributed by atoms with van der Waals surface area (Å²) in [7, 11) is 1.45. The number of anilines is 2. The summed E-state index contributed by atoms with van der Waals surface area (Å²) in [6.07, 6.45) is -3.91. The van der Waals surface area contributed by atoms with Crippen LogP contribution in [0.1, 0.15) is 39.9 Å². The van der Waals surface area contributed by atoms with E-state index in [9.17, 15) is 32.3 Å². The van der Waals surface area contributed by atoms with E-state index < -0.39 is 35.8 Å². The largest absolute Gasteiger partial charge is 0.416 e. The molecule has 37 heavy (non-hydrogen) atoms. The van der Waals surface area contributed by atoms with Gasteiger partial charge in [-0.2, -0.15) is 13.2 Å². The van der Waals surface area contributed by atoms with Gasteiger partial charge < -0.3 is 15.0 Å². The van der Waals surface area contributed by atoms with E-state index in [4.69, 9.17) is 4.74 Å². The molecule has 5 amide bonds. The number of urea groups is 1. The van der Waals surface area contributed by atoms with Crippen molar-refractivity contribution >= 4 is 35.1 Å². The van der Waals surface area contributed by atoms with Crippen molar-refractivity contribution in [2.24, 2.45) is 0 Å². The number of carbonyl (C=O) groups is 4. The van der Waals surface area contributed by atoms with E-state index in [1.165, 1.54) is 23.0 Å². The summed E-state index contributed by atoms with van der Waals surface area (Å²) in [5, 5.41) is 5.02. The Balaban J connectivity index is 1.35. The second-order valence-corrected chi connectivity index (χ2v) is 9.23. The van der Waals surface area contributed by atoms with Crippen LogP contribution in [0, 0.1) is 0 Å². The van der Waals surface area contributed by atoms with Gasteiger partial charge in [0.2, 0.25) is 11.8 Å². The minimum atomic E-state index is -4.50. The Kier molecular flexibility index (Phi) is 6.14. The summed E-state index contributed by atoms with van der Waals surface area (Å²) < 4.78 is 44.8. The molecular formula is C25H23F3N4O5. The molecule has 9 nitrogen and oxygen atoms in total. The van der Waals surface area contributed by atoms with Gasteiger partial charge in [-0.1, -0.05) is 0 Å². The van der Waals surface area contributed by atoms with Crippen molar-refractivity contribution in [3.05, 3.63) is 58.7 Å². The molecule has 0 saturated carbocycles. The average Bonchev–Trinajstić information content (AvgIpc) is 3.35. The van der Waals surface area contributed by atoms with Crippen LogP contribution in [0.25, 0.3) is 0 Å². The molecule has 0 bridgehead atoms. The third-order valence-corrected chi connectivity index (χ3v) is 6.84. The number of halogens is 3. The minimum absolute atomic E-state index is 0.128. The quantitative estimate of drug-likeness (QED) is 0.608. The van der Waals surface area contributed by atoms with Gasteiger partial charge in [-0.05, 0) is 60.4 Å². The number of benzene rings is 2. The van der Waals surface area contributed by atoms with Gasteiger partial charge in [-0.3, -0.25) is 24.6 Å². The molecule has 1 unspecified atom stereocenters. The van der Waals surface area contributed by atoms with E-state index in [1.54, 1.807) is 18.2 Å². The topological polar surface area (TPSA) is 108 Å². The van der Waals surface area contributed by atoms with Gasteiger partial charge in [0.05, 0.1) is 18.2 Å². The first kappa shape index (κ1) is 24.8. The molecule has 2 atom stereocenters. The zero-order valence-electron chi connectivity index (χ0n) is 19.7. The van der Waals surface area contributed by atoms with E-state index in [-0.39, 0.29) is 44.2 Å². The van der Waals surface area contributed by atoms with Crippen LogP contribution in [0.3, 0.4) is 0 Å². The van der Waals surface area contributed by atoms with Crippen LogP contribution in [0.5, 0.6) is 0 Å². The summed E-state index contributed by atoms with van der Waals surface area (Å²) in [5.74, 6) is -1.23. The molecule has 0 aromatic heterocycles. The smallest absolute Gasteiger partial charge is 0.383 e. The van der Waals surface area contributed by atoms with Crippen LogP contribution in [0.15, 0.2) is 36.4 Å². The molecule has 2 N–H and O–H groups in total. The van der Waals surface area contributed by atoms with Crippen molar-refractivity contribution in [2.45, 2.75) is 44.1 Å². The number of nitrogens with zero attached hydrogens (tertiary/aromatic N) is 2. The number of methoxy groups -OCH3 is 1. The Bertz CT molecular complexity index is 1310. The number of carbonyl (C=O) groups excluding carboxylic acids is 4. The molecule has 12 heteroatoms. The van der Waals surface area contributed by atoms with Gasteiger partial charge >= 0.3 is 12.2 Å². The maximum Gasteiger partial charge on any atom is 0.416 e. The van der Waals surface area contributed by atoms with Crippen molar-refractivity contribution in [3.63, 3.8) is 0 Å². The number of rotatable bonds is 4. The lowest BCUT2D eigenvalue weighted by atomic mass is 10.0. The van der Waals surface area contributed by atoms with Crippen LogP contribution in [-0.4, -0.2) is 54.5 Å². The molecule has 1 saturated heterocycles. The molecule has 0 radical (unpaired) electrons. The highest BCUT2D eigenvalue weighted by Crippen LogP contribution is 2.38. The maximum absolute atomic E-state index is 13.3. The molecule has 194 valence electrons. The number of fused-ring (bicyclic) bond motifs is 2. The van der Waals surface area contributed by atoms with Gasteiger partial charge in [0.25, 0.3) is 5.91 Å². The van der Waals surface area contributed by atoms with Crippen LogP contribution >= 0.6 is 0 Å². The highest BCUT2D eigenvalue weighted by atomic mass is 19.4. The highest BCUT2D eigenvalue weighted by molar-refractivity contribution is 6.07. The second-order valence-electron chi connectivity index (χ2n) is 9.23. The number of amides is 5. The maximum atomic E-state index is 13.3. The molecule has 1 fully saturated rings. The molecule has 3 heterocycles. The lowest BCUT2D eigenvalue weighted by Gasteiger charge is -2.29. The third kappa shape index (κ3) is 4.52. The Morgan fingerprint density at radius 1 is 1.14 bits per heavy atom. The number of imide groups is 1. The predicted molar refractivity (Wildman–Crippen MR) is 125 cm³/mol. The normalized spacial score (nSPS) is 21.1. The first-order valence-corrected chi connectivity index (χ1v) is 11.6. The fourth-order valence-corrected chi connectivity index (χ4v) is 5.14. The highest BCUT2D eigenvalue weighted by Gasteiger charge is 2.40. The number of hydrogen-bond donors (Lipinski definition) is 2. The SMILES string of the molecule is COC[C@@H]1Cc2cc(C(F)(F)F)ccc2N1C(=O)Nc1ccc2c(c1)CN(C1CCC(=O)NC1=O)C2=O. The molecule has 5 rings (SSSR count). The van der Waals surface area contributed by atoms with Gasteiger partial charge in [-0.15, -0.1) is 0 Å². The van der Waals surface area contributed by atoms with Gasteiger partial charge in [0.1, 0.15) is 6.04 Å². The lowest BCUT2D eigenvalue weighted by molar-refractivity contribution is -0.138. The number of alkyl halides is 3. The van der Waals surface area contributed by atoms with E-state index in [2.05, 4.69) is 10.6 Å². The summed E-state index contributed by atoms with van der Waals surface area (Å²) in [5.41, 5.74) is 1.37. The number of piperidine rings is 1. The standard InChI is InChI=1S/C25H23F3N4O5/c1-37-12-17-10-13-8-15(25(26,27)28)2-5-19(13)32(17)24(36)29-16-3-4-18-14(9-16)11-31(23(18)35)20-6-7-21(33)30-22(20)34/h2-5,8-9,17,20H,6-7,10-12H2,1H3,(H,29,36)(H,30,33,34)/t17-,20?/m0/s1. The van der Waals surface area contributed by atoms with Crippen molar-refractivity contribution < 1.29 is 37.1 Å². The zero-order chi connectivity index (χ0) is 26.5. The van der Waals surface area contributed by atoms with Crippen LogP contribution < -0.4 is 15.5 Å². The van der Waals surface area contributed by atoms with Gasteiger partial charge in [0.15, 0.2) is 0 Å². The van der Waals surface area contributed by atoms with Crippen molar-refractivity contribution in [2.75, 3.05) is 23.9 Å². The molecule has 0 aliphatic carbocycles. The summed E-state index contributed by atoms with van der Waals surface area (Å²) in [4.78, 5) is 52.6. The first-order chi connectivity index (χ1) is 17.6. The fourth-order valence-electron chi connectivity index (χ4n) is 5.14. The Morgan fingerprint density at radius 2 is 1.92 bits per heavy atom. The summed E-state index contributed by atoms with van der Waals surface area (Å²) in [6.45, 7) is 0.270. The lowest BCUT2D eigenvalue weighted by Crippen LogP contribution is -2.52. The van der Waals surface area contributed by atoms with Crippen molar-refractivity contribution in [3.8, 4) is 0 Å². The van der Waals surface area contributed by atoms with Gasteiger partial charge in [-0.25, -0.2) is 4.79 Å². The fraction of sp³-hybridized carbons (Fsp3) is 0.360. The van der Waals surface area contributed by atoms with Crippen molar-refractivity contribution in [1.29, 1.82) is 0 Å². The first-order valence-electron chi connectivity index (χ1n) is 11.6. The van der Waals surface area contributed by atoms with Gasteiger partial charge in [0, 0.05) is 37.0 Å². The second kappa shape index (κ2) is 9.18. The number of nitrogens with one attached hydrogen (secondary N) is 2. The van der Waals surface area contributed by atoms with E-state index in [0.717, 1.165) is 12.1 Å².